The van der Waals surface area contributed by atoms with Crippen LogP contribution in [0.3, 0.4) is 0 Å². The standard InChI is InChI=1S/C28H32N4O3/c1-5-31(6-2)17-9-11-19-23(15-17)35-24-16-18(32(7-3)8-4)10-12-20(24)25(19)21-13-14-22(29)27(30)26(21)28(33)34/h9-16,29H,5-8,30H2,1-4H3,(H,33,34). The number of nitrogens with one attached hydrogen (secondary N) is 1. The predicted molar refractivity (Wildman–Crippen MR) is 142 cm³/mol. The van der Waals surface area contributed by atoms with Crippen molar-refractivity contribution in [3.8, 4) is 11.5 Å². The Morgan fingerprint density at radius 2 is 1.37 bits per heavy atom. The number of carbonyl (C=O) groups is 1. The number of fused-ring (bicyclic) bond motifs is 2. The molecule has 1 heterocycles. The number of nitrogens with two attached hydrogens (primary N) is 1. The van der Waals surface area contributed by atoms with Gasteiger partial charge in [-0.3, -0.25) is 5.41 Å². The van der Waals surface area contributed by atoms with Gasteiger partial charge in [0, 0.05) is 66.4 Å². The minimum Gasteiger partial charge on any atom is -0.478 e. The number of ether oxygens (including phenoxy) is 1. The van der Waals surface area contributed by atoms with E-state index in [2.05, 4.69) is 37.5 Å². The van der Waals surface area contributed by atoms with Gasteiger partial charge in [0.15, 0.2) is 0 Å². The Labute approximate surface area is 206 Å². The molecule has 1 aliphatic carbocycles. The Bertz CT molecular complexity index is 1220. The van der Waals surface area contributed by atoms with Gasteiger partial charge < -0.3 is 25.4 Å². The van der Waals surface area contributed by atoms with E-state index in [0.717, 1.165) is 54.3 Å². The van der Waals surface area contributed by atoms with Crippen molar-refractivity contribution in [3.05, 3.63) is 76.5 Å². The minimum atomic E-state index is -1.16. The molecule has 0 amide bonds. The monoisotopic (exact) mass is 472 g/mol. The largest absolute Gasteiger partial charge is 0.478 e. The summed E-state index contributed by atoms with van der Waals surface area (Å²) >= 11 is 0. The summed E-state index contributed by atoms with van der Waals surface area (Å²) in [5.41, 5.74) is 10.9. The van der Waals surface area contributed by atoms with Crippen molar-refractivity contribution in [1.82, 2.24) is 0 Å². The minimum absolute atomic E-state index is 0.00646. The fourth-order valence-corrected chi connectivity index (χ4v) is 4.79. The number of benzene rings is 2. The zero-order chi connectivity index (χ0) is 25.3. The lowest BCUT2D eigenvalue weighted by Crippen LogP contribution is -2.23. The normalized spacial score (nSPS) is 14.5. The highest BCUT2D eigenvalue weighted by Gasteiger charge is 2.31. The summed E-state index contributed by atoms with van der Waals surface area (Å²) in [5.74, 6) is 0.171. The second kappa shape index (κ2) is 9.70. The summed E-state index contributed by atoms with van der Waals surface area (Å²) < 4.78 is 6.45. The van der Waals surface area contributed by atoms with Gasteiger partial charge in [0.1, 0.15) is 11.5 Å². The van der Waals surface area contributed by atoms with Gasteiger partial charge in [-0.25, -0.2) is 4.79 Å². The summed E-state index contributed by atoms with van der Waals surface area (Å²) in [6, 6.07) is 12.1. The number of hydrogen-bond donors (Lipinski definition) is 3. The zero-order valence-electron chi connectivity index (χ0n) is 20.7. The average molecular weight is 473 g/mol. The van der Waals surface area contributed by atoms with Crippen molar-refractivity contribution in [2.24, 2.45) is 5.73 Å². The van der Waals surface area contributed by atoms with Gasteiger partial charge >= 0.3 is 5.97 Å². The van der Waals surface area contributed by atoms with Gasteiger partial charge in [-0.15, -0.1) is 0 Å². The van der Waals surface area contributed by atoms with E-state index < -0.39 is 5.97 Å². The van der Waals surface area contributed by atoms with E-state index in [-0.39, 0.29) is 17.0 Å². The number of carboxylic acids is 1. The summed E-state index contributed by atoms with van der Waals surface area (Å²) in [6.45, 7) is 11.9. The number of anilines is 2. The van der Waals surface area contributed by atoms with Crippen molar-refractivity contribution < 1.29 is 14.6 Å². The van der Waals surface area contributed by atoms with Crippen molar-refractivity contribution in [2.45, 2.75) is 27.7 Å². The Kier molecular flexibility index (Phi) is 6.69. The molecule has 0 radical (unpaired) electrons. The van der Waals surface area contributed by atoms with Crippen molar-refractivity contribution in [2.75, 3.05) is 36.0 Å². The van der Waals surface area contributed by atoms with E-state index in [9.17, 15) is 9.90 Å². The van der Waals surface area contributed by atoms with Crippen LogP contribution >= 0.6 is 0 Å². The molecule has 4 rings (SSSR count). The molecule has 0 unspecified atom stereocenters. The third-order valence-electron chi connectivity index (χ3n) is 6.67. The van der Waals surface area contributed by atoms with Crippen LogP contribution in [0.15, 0.2) is 65.4 Å². The van der Waals surface area contributed by atoms with E-state index in [1.807, 2.05) is 36.4 Å². The topological polar surface area (TPSA) is 103 Å². The molecule has 2 aliphatic rings. The maximum absolute atomic E-state index is 12.3. The van der Waals surface area contributed by atoms with Crippen LogP contribution < -0.4 is 20.3 Å². The smallest absolute Gasteiger partial charge is 0.338 e. The number of nitrogens with zero attached hydrogens (tertiary/aromatic N) is 2. The first-order chi connectivity index (χ1) is 16.8. The molecule has 2 aromatic rings. The number of carboxylic acid groups (broad SMARTS) is 1. The quantitative estimate of drug-likeness (QED) is 0.438. The van der Waals surface area contributed by atoms with Gasteiger partial charge in [0.25, 0.3) is 0 Å². The molecule has 7 nitrogen and oxygen atoms in total. The Morgan fingerprint density at radius 1 is 0.886 bits per heavy atom. The summed E-state index contributed by atoms with van der Waals surface area (Å²) in [5, 5.41) is 18.1. The highest BCUT2D eigenvalue weighted by Crippen LogP contribution is 2.49. The molecule has 35 heavy (non-hydrogen) atoms. The second-order valence-electron chi connectivity index (χ2n) is 8.44. The van der Waals surface area contributed by atoms with Gasteiger partial charge in [-0.05, 0) is 63.6 Å². The molecule has 1 aliphatic heterocycles. The summed E-state index contributed by atoms with van der Waals surface area (Å²) in [6.07, 6.45) is 3.22. The fraction of sp³-hybridized carbons (Fsp3) is 0.286. The fourth-order valence-electron chi connectivity index (χ4n) is 4.79. The molecule has 0 bridgehead atoms. The third-order valence-corrected chi connectivity index (χ3v) is 6.67. The average Bonchev–Trinajstić information content (AvgIpc) is 2.85. The lowest BCUT2D eigenvalue weighted by molar-refractivity contribution is -0.132. The van der Waals surface area contributed by atoms with Crippen LogP contribution in [0.2, 0.25) is 0 Å². The van der Waals surface area contributed by atoms with Crippen molar-refractivity contribution in [3.63, 3.8) is 0 Å². The number of hydrogen-bond acceptors (Lipinski definition) is 6. The molecule has 0 aromatic heterocycles. The molecule has 182 valence electrons. The molecule has 7 heteroatoms. The lowest BCUT2D eigenvalue weighted by Gasteiger charge is -2.30. The van der Waals surface area contributed by atoms with Crippen LogP contribution in [0.5, 0.6) is 11.5 Å². The van der Waals surface area contributed by atoms with E-state index in [1.54, 1.807) is 12.2 Å². The van der Waals surface area contributed by atoms with E-state index in [4.69, 9.17) is 15.9 Å². The van der Waals surface area contributed by atoms with Crippen LogP contribution in [0.4, 0.5) is 11.4 Å². The van der Waals surface area contributed by atoms with Gasteiger partial charge in [0.2, 0.25) is 0 Å². The molecule has 4 N–H and O–H groups in total. The number of allylic oxidation sites excluding steroid dienone is 2. The maximum atomic E-state index is 12.3. The number of rotatable bonds is 7. The van der Waals surface area contributed by atoms with Gasteiger partial charge in [0.05, 0.1) is 17.0 Å². The molecule has 0 saturated heterocycles. The Balaban J connectivity index is 2.02. The zero-order valence-corrected chi connectivity index (χ0v) is 20.7. The van der Waals surface area contributed by atoms with Crippen LogP contribution in [0.25, 0.3) is 5.57 Å². The number of aliphatic carboxylic acids is 1. The van der Waals surface area contributed by atoms with E-state index >= 15 is 0 Å². The van der Waals surface area contributed by atoms with Crippen molar-refractivity contribution >= 4 is 28.6 Å². The second-order valence-corrected chi connectivity index (χ2v) is 8.44. The van der Waals surface area contributed by atoms with Gasteiger partial charge in [-0.1, -0.05) is 6.08 Å². The van der Waals surface area contributed by atoms with Crippen LogP contribution in [0.1, 0.15) is 38.8 Å². The molecule has 0 saturated carbocycles. The van der Waals surface area contributed by atoms with Gasteiger partial charge in [-0.2, -0.15) is 0 Å². The first kappa shape index (κ1) is 24.1. The summed E-state index contributed by atoms with van der Waals surface area (Å²) in [7, 11) is 0. The van der Waals surface area contributed by atoms with Crippen LogP contribution in [0, 0.1) is 5.41 Å². The Morgan fingerprint density at radius 3 is 1.80 bits per heavy atom. The van der Waals surface area contributed by atoms with Crippen LogP contribution in [-0.4, -0.2) is 43.0 Å². The predicted octanol–water partition coefficient (Wildman–Crippen LogP) is 5.17. The molecule has 0 atom stereocenters. The van der Waals surface area contributed by atoms with Crippen LogP contribution in [-0.2, 0) is 4.79 Å². The van der Waals surface area contributed by atoms with Crippen molar-refractivity contribution in [1.29, 1.82) is 5.41 Å². The Hall–Kier alpha value is -4.00. The highest BCUT2D eigenvalue weighted by atomic mass is 16.5. The first-order valence-electron chi connectivity index (χ1n) is 12.1. The molecular weight excluding hydrogens is 440 g/mol. The maximum Gasteiger partial charge on any atom is 0.338 e. The molecular formula is C28H32N4O3. The lowest BCUT2D eigenvalue weighted by atomic mass is 9.83. The highest BCUT2D eigenvalue weighted by molar-refractivity contribution is 6.16. The molecule has 0 fully saturated rings. The molecule has 0 spiro atoms. The SMILES string of the molecule is CCN(CC)c1ccc2c(c1)Oc1cc(N(CC)CC)ccc1C2=C1C=CC(=N)C(N)=C1C(=O)O. The molecule has 2 aromatic carbocycles. The van der Waals surface area contributed by atoms with E-state index in [1.165, 1.54) is 0 Å². The van der Waals surface area contributed by atoms with E-state index in [0.29, 0.717) is 17.1 Å². The third kappa shape index (κ3) is 4.18. The summed E-state index contributed by atoms with van der Waals surface area (Å²) in [4.78, 5) is 16.8. The first-order valence-corrected chi connectivity index (χ1v) is 12.1.